The van der Waals surface area contributed by atoms with Crippen LogP contribution in [0.1, 0.15) is 110 Å². The number of nitrogens with one attached hydrogen (secondary N) is 12. The van der Waals surface area contributed by atoms with Gasteiger partial charge in [-0.15, -0.1) is 0 Å². The van der Waals surface area contributed by atoms with E-state index in [2.05, 4.69) is 96.8 Å². The molecule has 13 N–H and O–H groups in total. The quantitative estimate of drug-likeness (QED) is 0.00773. The normalized spacial score (nSPS) is 12.2. The zero-order valence-corrected chi connectivity index (χ0v) is 74.9. The first-order valence-electron chi connectivity index (χ1n) is 43.3. The number of benzene rings is 9. The van der Waals surface area contributed by atoms with E-state index in [1.165, 1.54) is 0 Å². The Labute approximate surface area is 756 Å². The number of rotatable bonds is 34. The molecule has 0 atom stereocenters. The molecule has 33 nitrogen and oxygen atoms in total. The van der Waals surface area contributed by atoms with Crippen LogP contribution in [0.15, 0.2) is 191 Å². The number of ether oxygens (including phenoxy) is 2. The Hall–Kier alpha value is -14.7. The van der Waals surface area contributed by atoms with Gasteiger partial charge >= 0.3 is 36.1 Å². The third kappa shape index (κ3) is 22.6. The molecule has 10 amide bonds. The molecule has 686 valence electrons. The van der Waals surface area contributed by atoms with Crippen molar-refractivity contribution < 1.29 is 71.7 Å². The second-order valence-electron chi connectivity index (χ2n) is 29.9. The van der Waals surface area contributed by atoms with Crippen molar-refractivity contribution in [3.63, 3.8) is 0 Å². The number of carboxylic acids is 2. The van der Waals surface area contributed by atoms with E-state index in [0.717, 1.165) is 83.2 Å². The van der Waals surface area contributed by atoms with Gasteiger partial charge in [-0.25, -0.2) is 48.8 Å². The van der Waals surface area contributed by atoms with Crippen LogP contribution in [0.25, 0.3) is 66.8 Å². The predicted octanol–water partition coefficient (Wildman–Crippen LogP) is 9.25. The summed E-state index contributed by atoms with van der Waals surface area (Å²) in [6.45, 7) is 21.4. The number of urea groups is 4. The summed E-state index contributed by atoms with van der Waals surface area (Å²) in [5.74, 6) is -0.388. The molecule has 6 aliphatic rings. The van der Waals surface area contributed by atoms with Crippen LogP contribution in [0.3, 0.4) is 0 Å². The number of amides is 10. The monoisotopic (exact) mass is 1780 g/mol. The number of carbonyl (C=O) groups excluding carboxylic acids is 8. The molecule has 130 heavy (non-hydrogen) atoms. The van der Waals surface area contributed by atoms with Gasteiger partial charge in [0.1, 0.15) is 47.3 Å². The lowest BCUT2D eigenvalue weighted by atomic mass is 9.77. The van der Waals surface area contributed by atoms with Crippen molar-refractivity contribution in [1.29, 1.82) is 0 Å². The molecule has 0 saturated heterocycles. The molecule has 13 rings (SSSR count). The third-order valence-corrected chi connectivity index (χ3v) is 22.6. The molecule has 0 saturated carbocycles. The number of fused-ring (bicyclic) bond motifs is 10. The van der Waals surface area contributed by atoms with E-state index in [4.69, 9.17) is 18.3 Å². The van der Waals surface area contributed by atoms with Gasteiger partial charge in [-0.05, 0) is 125 Å². The minimum Gasteiger partial charge on any atom is -0.545 e. The standard InChI is InChI=1S/3C32H38N6O5.CH4/c1-5-37(17-15-35-30(40)33-3)21-11-13-25-27(19-21)42-28-20-22(38(6-2)18-16-36-31(41)34-4)12-14-26(28)32(25)24-10-8-7-9-23(24)29(39)43-32;2*1-5-37(18-17-35-32(42)34-4)21-11-13-25-27(19-21)43-28-20-22(38(6-2)36-16-15-29(39)33-3)12-14-26(28)30(25)23-9-7-8-10-24(23)31(40)41;/h7-14,19-20H,5-6,15-18H2,1-4H3,(H2,33,35,40)(H2,34,36,41);2*7-14,19-20,36H,5-6,15-18H2,1-4H3,(H3-,33,34,35,39,40,41,42);1H4/p+1. The highest BCUT2D eigenvalue weighted by molar-refractivity contribution is 6.09. The zero-order chi connectivity index (χ0) is 92.4. The maximum Gasteiger partial charge on any atom is 0.340 e. The Morgan fingerprint density at radius 2 is 0.815 bits per heavy atom. The Morgan fingerprint density at radius 3 is 1.22 bits per heavy atom. The van der Waals surface area contributed by atoms with Crippen molar-refractivity contribution in [3.05, 3.63) is 226 Å². The van der Waals surface area contributed by atoms with E-state index in [1.54, 1.807) is 84.8 Å². The van der Waals surface area contributed by atoms with Gasteiger partial charge in [0.15, 0.2) is 18.7 Å². The van der Waals surface area contributed by atoms with Crippen LogP contribution in [-0.2, 0) is 19.9 Å². The Morgan fingerprint density at radius 1 is 0.415 bits per heavy atom. The van der Waals surface area contributed by atoms with Gasteiger partial charge < -0.3 is 106 Å². The Bertz CT molecular complexity index is 5670. The highest BCUT2D eigenvalue weighted by Crippen LogP contribution is 2.57. The largest absolute Gasteiger partial charge is 0.545 e. The number of hydrogen-bond donors (Lipinski definition) is 13. The van der Waals surface area contributed by atoms with Gasteiger partial charge in [0.25, 0.3) is 0 Å². The summed E-state index contributed by atoms with van der Waals surface area (Å²) in [7, 11) is 9.55. The number of hydrogen-bond acceptors (Lipinski definition) is 20. The number of carbonyl (C=O) groups is 9. The van der Waals surface area contributed by atoms with Gasteiger partial charge in [0.2, 0.25) is 22.5 Å². The Kier molecular flexibility index (Phi) is 34.6. The first-order valence-corrected chi connectivity index (χ1v) is 43.3. The Balaban J connectivity index is 0.000000202. The lowest BCUT2D eigenvalue weighted by Crippen LogP contribution is -2.40. The first-order chi connectivity index (χ1) is 62.5. The van der Waals surface area contributed by atoms with E-state index in [9.17, 15) is 53.4 Å². The maximum atomic E-state index is 13.2. The van der Waals surface area contributed by atoms with Crippen molar-refractivity contribution in [1.82, 2.24) is 73.2 Å². The maximum absolute atomic E-state index is 13.2. The number of anilines is 4. The van der Waals surface area contributed by atoms with E-state index < -0.39 is 17.5 Å². The summed E-state index contributed by atoms with van der Waals surface area (Å²) < 4.78 is 30.2. The molecule has 0 fully saturated rings. The average molecular weight is 1780 g/mol. The van der Waals surface area contributed by atoms with Crippen LogP contribution in [0.4, 0.5) is 41.9 Å². The van der Waals surface area contributed by atoms with Crippen molar-refractivity contribution in [2.75, 3.05) is 167 Å². The molecular formula is C97H119N18O15+. The topological polar surface area (TPSA) is 405 Å². The molecule has 7 aromatic carbocycles. The van der Waals surface area contributed by atoms with Crippen LogP contribution in [0, 0.1) is 0 Å². The number of hydrazine groups is 2. The van der Waals surface area contributed by atoms with Gasteiger partial charge in [0, 0.05) is 224 Å². The van der Waals surface area contributed by atoms with Gasteiger partial charge in [-0.1, -0.05) is 68.1 Å². The molecular weight excluding hydrogens is 1660 g/mol. The molecule has 1 spiro atoms. The summed E-state index contributed by atoms with van der Waals surface area (Å²) in [6.07, 6.45) is 0.663. The van der Waals surface area contributed by atoms with Gasteiger partial charge in [0.05, 0.1) is 53.7 Å². The molecule has 2 aliphatic carbocycles. The molecule has 0 aromatic heterocycles. The number of carboxylic acid groups (broad SMARTS) is 2. The molecule has 7 aromatic rings. The summed E-state index contributed by atoms with van der Waals surface area (Å²) in [4.78, 5) is 112. The van der Waals surface area contributed by atoms with Gasteiger partial charge in [-0.3, -0.25) is 9.59 Å². The summed E-state index contributed by atoms with van der Waals surface area (Å²) in [5.41, 5.74) is 17.4. The molecule has 0 bridgehead atoms. The molecule has 33 heteroatoms. The number of nitrogens with zero attached hydrogens (tertiary/aromatic N) is 6. The molecule has 0 radical (unpaired) electrons. The minimum absolute atomic E-state index is 0. The fraction of sp³-hybridized carbons (Fsp3) is 0.330. The van der Waals surface area contributed by atoms with E-state index in [1.807, 2.05) is 177 Å². The van der Waals surface area contributed by atoms with Crippen LogP contribution < -0.4 is 114 Å². The molecule has 4 aliphatic heterocycles. The van der Waals surface area contributed by atoms with Gasteiger partial charge in [-0.2, -0.15) is 0 Å². The predicted molar refractivity (Wildman–Crippen MR) is 506 cm³/mol. The average Bonchev–Trinajstić information content (AvgIpc) is 1.52. The second kappa shape index (κ2) is 46.1. The lowest BCUT2D eigenvalue weighted by molar-refractivity contribution is -0.255. The minimum atomic E-state index is -1.26. The zero-order valence-electron chi connectivity index (χ0n) is 74.9. The summed E-state index contributed by atoms with van der Waals surface area (Å²) >= 11 is 0. The lowest BCUT2D eigenvalue weighted by Gasteiger charge is -2.38. The second-order valence-corrected chi connectivity index (χ2v) is 29.9. The summed E-state index contributed by atoms with van der Waals surface area (Å²) in [6, 6.07) is 55.6. The summed E-state index contributed by atoms with van der Waals surface area (Å²) in [5, 5.41) is 56.2. The van der Waals surface area contributed by atoms with Crippen LogP contribution in [-0.4, -0.2) is 206 Å². The number of aromatic carboxylic acids is 2. The van der Waals surface area contributed by atoms with Crippen molar-refractivity contribution in [2.45, 2.75) is 67.4 Å². The smallest absolute Gasteiger partial charge is 0.340 e. The molecule has 0 unspecified atom stereocenters. The first kappa shape index (κ1) is 97.5. The molecule has 4 heterocycles. The SMILES string of the molecule is C.CCN(CCNC(=O)NC)c1ccc2c(c1)Oc1cc(N(CC)CCNC(=O)NC)ccc1C21OC(=O)c2ccccc21.CCN(NCCC(=O)NC)c1ccc2c(-c3ccccc3C(=O)O)c3ccc(=[N+](CC)CCNC(=O)NC)cc-3oc2c1.CCN(NCCC(=O)NC)c1ccc2c(-c3ccccc3C(=O)[O-])c3ccc(=[N+](CC)CCNC(=O)NC)cc-3oc2c1. The fourth-order valence-electron chi connectivity index (χ4n) is 15.9. The van der Waals surface area contributed by atoms with Crippen molar-refractivity contribution in [3.8, 4) is 56.4 Å². The number of esters is 1. The van der Waals surface area contributed by atoms with E-state index >= 15 is 0 Å². The van der Waals surface area contributed by atoms with Crippen LogP contribution in [0.2, 0.25) is 0 Å². The van der Waals surface area contributed by atoms with Crippen molar-refractivity contribution >= 4 is 98.5 Å². The van der Waals surface area contributed by atoms with Crippen LogP contribution >= 0.6 is 0 Å². The third-order valence-electron chi connectivity index (χ3n) is 22.6. The highest BCUT2D eigenvalue weighted by atomic mass is 16.6. The van der Waals surface area contributed by atoms with Crippen LogP contribution in [0.5, 0.6) is 11.5 Å². The number of likely N-dealkylation sites (N-methyl/N-ethyl adjacent to an activating group) is 4. The van der Waals surface area contributed by atoms with E-state index in [0.29, 0.717) is 168 Å². The fourth-order valence-corrected chi connectivity index (χ4v) is 15.9. The van der Waals surface area contributed by atoms with Crippen molar-refractivity contribution in [2.24, 2.45) is 0 Å². The highest BCUT2D eigenvalue weighted by Gasteiger charge is 2.54. The van der Waals surface area contributed by atoms with E-state index in [-0.39, 0.29) is 60.5 Å².